The van der Waals surface area contributed by atoms with Crippen molar-refractivity contribution < 1.29 is 28.1 Å². The Morgan fingerprint density at radius 1 is 1.13 bits per heavy atom. The van der Waals surface area contributed by atoms with Crippen LogP contribution in [0.4, 0.5) is 4.39 Å². The maximum absolute atomic E-state index is 15.2. The lowest BCUT2D eigenvalue weighted by atomic mass is 9.98. The van der Waals surface area contributed by atoms with Crippen molar-refractivity contribution in [1.82, 2.24) is 4.57 Å². The summed E-state index contributed by atoms with van der Waals surface area (Å²) in [5.74, 6) is -0.00143. The third-order valence-electron chi connectivity index (χ3n) is 5.29. The van der Waals surface area contributed by atoms with Crippen molar-refractivity contribution in [2.24, 2.45) is 0 Å². The number of para-hydroxylation sites is 1. The molecule has 0 amide bonds. The fourth-order valence-electron chi connectivity index (χ4n) is 3.95. The van der Waals surface area contributed by atoms with Gasteiger partial charge in [0.1, 0.15) is 18.0 Å². The Labute approximate surface area is 184 Å². The number of nitrogens with zero attached hydrogens (tertiary/aromatic N) is 1. The number of methoxy groups -OCH3 is 3. The van der Waals surface area contributed by atoms with Crippen molar-refractivity contribution in [2.45, 2.75) is 18.6 Å². The van der Waals surface area contributed by atoms with Crippen molar-refractivity contribution >= 4 is 17.6 Å². The maximum atomic E-state index is 15.2. The van der Waals surface area contributed by atoms with Gasteiger partial charge in [-0.05, 0) is 30.3 Å². The number of ether oxygens (including phenoxy) is 4. The molecule has 2 aromatic carbocycles. The number of hydrogen-bond donors (Lipinski definition) is 0. The highest BCUT2D eigenvalue weighted by atomic mass is 35.5. The summed E-state index contributed by atoms with van der Waals surface area (Å²) < 4.78 is 39.3. The van der Waals surface area contributed by atoms with Gasteiger partial charge < -0.3 is 23.5 Å². The van der Waals surface area contributed by atoms with E-state index in [4.69, 9.17) is 30.5 Å². The normalized spacial score (nSPS) is 17.3. The number of hydrogen-bond acceptors (Lipinski definition) is 5. The van der Waals surface area contributed by atoms with Crippen LogP contribution in [0.25, 0.3) is 5.69 Å². The number of benzene rings is 2. The third kappa shape index (κ3) is 3.75. The lowest BCUT2D eigenvalue weighted by Crippen LogP contribution is -2.15. The molecule has 162 valence electrons. The highest BCUT2D eigenvalue weighted by Crippen LogP contribution is 2.47. The first-order chi connectivity index (χ1) is 15.0. The van der Waals surface area contributed by atoms with Crippen LogP contribution in [0.1, 0.15) is 35.4 Å². The standard InChI is InChI=1S/C23H21ClFNO5/c1-28-18-8-4-6-14(23(18)30-3)22-15-10-13(24)11-16(25)21(15)26-9-5-7-17(26)19(31-22)12-20(27)29-2/h4-11,19,22H,12H2,1-3H3. The number of esters is 1. The summed E-state index contributed by atoms with van der Waals surface area (Å²) >= 11 is 6.23. The van der Waals surface area contributed by atoms with Crippen LogP contribution in [0.5, 0.6) is 11.5 Å². The predicted molar refractivity (Wildman–Crippen MR) is 113 cm³/mol. The number of carbonyl (C=O) groups excluding carboxylic acids is 1. The zero-order chi connectivity index (χ0) is 22.1. The molecule has 2 heterocycles. The Kier molecular flexibility index (Phi) is 5.89. The molecule has 1 aliphatic heterocycles. The van der Waals surface area contributed by atoms with Crippen LogP contribution in [-0.4, -0.2) is 31.9 Å². The van der Waals surface area contributed by atoms with Gasteiger partial charge in [-0.25, -0.2) is 4.39 Å². The van der Waals surface area contributed by atoms with E-state index in [0.29, 0.717) is 34.0 Å². The molecule has 0 N–H and O–H groups in total. The van der Waals surface area contributed by atoms with E-state index < -0.39 is 24.0 Å². The van der Waals surface area contributed by atoms with E-state index in [1.54, 1.807) is 41.1 Å². The van der Waals surface area contributed by atoms with E-state index in [1.165, 1.54) is 27.4 Å². The van der Waals surface area contributed by atoms with Gasteiger partial charge in [0, 0.05) is 22.3 Å². The van der Waals surface area contributed by atoms with E-state index in [1.807, 2.05) is 6.07 Å². The van der Waals surface area contributed by atoms with Crippen LogP contribution in [0.2, 0.25) is 5.02 Å². The summed E-state index contributed by atoms with van der Waals surface area (Å²) in [7, 11) is 4.37. The Morgan fingerprint density at radius 3 is 2.65 bits per heavy atom. The molecule has 8 heteroatoms. The average molecular weight is 446 g/mol. The molecule has 6 nitrogen and oxygen atoms in total. The third-order valence-corrected chi connectivity index (χ3v) is 5.51. The number of halogens is 2. The van der Waals surface area contributed by atoms with Crippen LogP contribution >= 0.6 is 11.6 Å². The molecule has 1 aromatic heterocycles. The summed E-state index contributed by atoms with van der Waals surface area (Å²) in [6.07, 6.45) is 0.188. The number of carbonyl (C=O) groups is 1. The maximum Gasteiger partial charge on any atom is 0.308 e. The van der Waals surface area contributed by atoms with Gasteiger partial charge in [0.25, 0.3) is 0 Å². The smallest absolute Gasteiger partial charge is 0.308 e. The summed E-state index contributed by atoms with van der Waals surface area (Å²) in [6.45, 7) is 0. The molecule has 0 spiro atoms. The first-order valence-corrected chi connectivity index (χ1v) is 9.96. The van der Waals surface area contributed by atoms with E-state index in [2.05, 4.69) is 0 Å². The quantitative estimate of drug-likeness (QED) is 0.517. The van der Waals surface area contributed by atoms with Crippen molar-refractivity contribution in [2.75, 3.05) is 21.3 Å². The summed E-state index contributed by atoms with van der Waals surface area (Å²) in [5.41, 5.74) is 2.04. The Balaban J connectivity index is 1.98. The van der Waals surface area contributed by atoms with E-state index >= 15 is 4.39 Å². The lowest BCUT2D eigenvalue weighted by molar-refractivity contribution is -0.145. The second kappa shape index (κ2) is 8.61. The Morgan fingerprint density at radius 2 is 1.94 bits per heavy atom. The minimum atomic E-state index is -0.789. The molecule has 0 aliphatic carbocycles. The molecule has 0 fully saturated rings. The number of fused-ring (bicyclic) bond motifs is 3. The second-order valence-electron chi connectivity index (χ2n) is 7.00. The monoisotopic (exact) mass is 445 g/mol. The second-order valence-corrected chi connectivity index (χ2v) is 7.43. The van der Waals surface area contributed by atoms with Gasteiger partial charge in [-0.1, -0.05) is 23.7 Å². The molecule has 2 unspecified atom stereocenters. The molecule has 31 heavy (non-hydrogen) atoms. The molecular formula is C23H21ClFNO5. The van der Waals surface area contributed by atoms with Gasteiger partial charge in [-0.15, -0.1) is 0 Å². The predicted octanol–water partition coefficient (Wildman–Crippen LogP) is 5.01. The summed E-state index contributed by atoms with van der Waals surface area (Å²) in [4.78, 5) is 12.1. The molecule has 2 atom stereocenters. The van der Waals surface area contributed by atoms with E-state index in [9.17, 15) is 4.79 Å². The zero-order valence-corrected chi connectivity index (χ0v) is 18.0. The zero-order valence-electron chi connectivity index (χ0n) is 17.2. The fourth-order valence-corrected chi connectivity index (χ4v) is 4.17. The van der Waals surface area contributed by atoms with Crippen LogP contribution in [-0.2, 0) is 14.3 Å². The van der Waals surface area contributed by atoms with Crippen molar-refractivity contribution in [3.05, 3.63) is 76.3 Å². The SMILES string of the molecule is COC(=O)CC1OC(c2cccc(OC)c2OC)c2cc(Cl)cc(F)c2-n2cccc21. The highest BCUT2D eigenvalue weighted by Gasteiger charge is 2.35. The van der Waals surface area contributed by atoms with Crippen LogP contribution in [0.3, 0.4) is 0 Å². The van der Waals surface area contributed by atoms with E-state index in [0.717, 1.165) is 0 Å². The molecule has 1 aliphatic rings. The van der Waals surface area contributed by atoms with Crippen LogP contribution in [0, 0.1) is 5.82 Å². The largest absolute Gasteiger partial charge is 0.493 e. The van der Waals surface area contributed by atoms with Gasteiger partial charge in [0.15, 0.2) is 11.5 Å². The molecular weight excluding hydrogens is 425 g/mol. The molecule has 4 rings (SSSR count). The van der Waals surface area contributed by atoms with Crippen molar-refractivity contribution in [1.29, 1.82) is 0 Å². The van der Waals surface area contributed by atoms with Crippen LogP contribution in [0.15, 0.2) is 48.7 Å². The van der Waals surface area contributed by atoms with Crippen molar-refractivity contribution in [3.8, 4) is 17.2 Å². The topological polar surface area (TPSA) is 58.9 Å². The van der Waals surface area contributed by atoms with Gasteiger partial charge >= 0.3 is 5.97 Å². The van der Waals surface area contributed by atoms with Gasteiger partial charge in [0.2, 0.25) is 0 Å². The van der Waals surface area contributed by atoms with E-state index in [-0.39, 0.29) is 11.4 Å². The molecule has 0 bridgehead atoms. The minimum absolute atomic E-state index is 0.0490. The number of aromatic nitrogens is 1. The minimum Gasteiger partial charge on any atom is -0.493 e. The Hall–Kier alpha value is -3.03. The summed E-state index contributed by atoms with van der Waals surface area (Å²) in [6, 6.07) is 11.8. The Bertz CT molecular complexity index is 1130. The first kappa shape index (κ1) is 21.2. The molecule has 0 saturated heterocycles. The average Bonchev–Trinajstić information content (AvgIpc) is 3.20. The molecule has 0 saturated carbocycles. The van der Waals surface area contributed by atoms with Gasteiger partial charge in [-0.2, -0.15) is 0 Å². The fraction of sp³-hybridized carbons (Fsp3) is 0.261. The van der Waals surface area contributed by atoms with Crippen LogP contribution < -0.4 is 9.47 Å². The highest BCUT2D eigenvalue weighted by molar-refractivity contribution is 6.30. The molecule has 0 radical (unpaired) electrons. The van der Waals surface area contributed by atoms with Gasteiger partial charge in [-0.3, -0.25) is 4.79 Å². The first-order valence-electron chi connectivity index (χ1n) is 9.58. The van der Waals surface area contributed by atoms with Crippen molar-refractivity contribution in [3.63, 3.8) is 0 Å². The number of rotatable bonds is 5. The van der Waals surface area contributed by atoms with Gasteiger partial charge in [0.05, 0.1) is 39.1 Å². The lowest BCUT2D eigenvalue weighted by Gasteiger charge is -2.25. The summed E-state index contributed by atoms with van der Waals surface area (Å²) in [5, 5.41) is 0.229. The molecule has 3 aromatic rings.